The lowest BCUT2D eigenvalue weighted by Crippen LogP contribution is -2.21. The fourth-order valence-corrected chi connectivity index (χ4v) is 1.76. The highest BCUT2D eigenvalue weighted by Crippen LogP contribution is 2.38. The number of esters is 1. The van der Waals surface area contributed by atoms with Crippen LogP contribution in [-0.4, -0.2) is 18.5 Å². The van der Waals surface area contributed by atoms with Crippen molar-refractivity contribution in [2.75, 3.05) is 11.9 Å². The Labute approximate surface area is 111 Å². The first-order valence-electron chi connectivity index (χ1n) is 6.07. The van der Waals surface area contributed by atoms with Gasteiger partial charge in [0.15, 0.2) is 6.61 Å². The van der Waals surface area contributed by atoms with Crippen LogP contribution in [0.3, 0.4) is 0 Å². The van der Waals surface area contributed by atoms with Crippen LogP contribution in [0.4, 0.5) is 5.69 Å². The van der Waals surface area contributed by atoms with E-state index >= 15 is 0 Å². The first-order chi connectivity index (χ1) is 9.10. The normalized spacial score (nSPS) is 20.2. The van der Waals surface area contributed by atoms with Crippen LogP contribution < -0.4 is 5.32 Å². The van der Waals surface area contributed by atoms with Gasteiger partial charge in [-0.2, -0.15) is 5.26 Å². The van der Waals surface area contributed by atoms with E-state index in [2.05, 4.69) is 5.32 Å². The number of carbonyl (C=O) groups is 2. The second kappa shape index (κ2) is 5.53. The fraction of sp³-hybridized carbons (Fsp3) is 0.357. The third-order valence-electron chi connectivity index (χ3n) is 3.03. The number of rotatable bonds is 4. The van der Waals surface area contributed by atoms with Gasteiger partial charge < -0.3 is 10.1 Å². The van der Waals surface area contributed by atoms with Crippen molar-refractivity contribution in [2.24, 2.45) is 11.8 Å². The van der Waals surface area contributed by atoms with Gasteiger partial charge >= 0.3 is 5.97 Å². The van der Waals surface area contributed by atoms with Crippen LogP contribution in [0.15, 0.2) is 24.3 Å². The Morgan fingerprint density at radius 2 is 2.26 bits per heavy atom. The maximum atomic E-state index is 11.6. The molecule has 2 atom stereocenters. The highest BCUT2D eigenvalue weighted by atomic mass is 16.5. The van der Waals surface area contributed by atoms with E-state index in [1.54, 1.807) is 24.3 Å². The Bertz CT molecular complexity index is 548. The molecule has 19 heavy (non-hydrogen) atoms. The number of nitrogens with zero attached hydrogens (tertiary/aromatic N) is 1. The lowest BCUT2D eigenvalue weighted by molar-refractivity contribution is -0.148. The number of benzene rings is 1. The summed E-state index contributed by atoms with van der Waals surface area (Å²) in [5.74, 6) is -0.400. The third kappa shape index (κ3) is 3.55. The van der Waals surface area contributed by atoms with Gasteiger partial charge in [0.1, 0.15) is 0 Å². The van der Waals surface area contributed by atoms with Crippen LogP contribution in [0.1, 0.15) is 18.9 Å². The van der Waals surface area contributed by atoms with Crippen LogP contribution in [0.5, 0.6) is 0 Å². The van der Waals surface area contributed by atoms with E-state index in [4.69, 9.17) is 10.00 Å². The van der Waals surface area contributed by atoms with Crippen LogP contribution in [0.25, 0.3) is 0 Å². The van der Waals surface area contributed by atoms with Gasteiger partial charge in [0.05, 0.1) is 17.6 Å². The quantitative estimate of drug-likeness (QED) is 0.833. The van der Waals surface area contributed by atoms with E-state index in [1.807, 2.05) is 13.0 Å². The lowest BCUT2D eigenvalue weighted by Gasteiger charge is -2.06. The Morgan fingerprint density at radius 1 is 1.53 bits per heavy atom. The number of anilines is 1. The Balaban J connectivity index is 1.81. The molecule has 1 aromatic rings. The summed E-state index contributed by atoms with van der Waals surface area (Å²) in [4.78, 5) is 23.0. The number of hydrogen-bond donors (Lipinski definition) is 1. The van der Waals surface area contributed by atoms with Crippen molar-refractivity contribution >= 4 is 17.6 Å². The first kappa shape index (κ1) is 13.1. The molecule has 1 fully saturated rings. The van der Waals surface area contributed by atoms with Gasteiger partial charge in [-0.15, -0.1) is 0 Å². The highest BCUT2D eigenvalue weighted by Gasteiger charge is 2.40. The minimum Gasteiger partial charge on any atom is -0.455 e. The number of hydrogen-bond acceptors (Lipinski definition) is 4. The van der Waals surface area contributed by atoms with Crippen molar-refractivity contribution in [3.05, 3.63) is 29.8 Å². The Morgan fingerprint density at radius 3 is 2.89 bits per heavy atom. The van der Waals surface area contributed by atoms with E-state index in [0.717, 1.165) is 6.42 Å². The molecule has 2 rings (SSSR count). The molecule has 0 unspecified atom stereocenters. The van der Waals surface area contributed by atoms with Crippen molar-refractivity contribution in [3.8, 4) is 6.07 Å². The Kier molecular flexibility index (Phi) is 3.81. The van der Waals surface area contributed by atoms with Gasteiger partial charge in [-0.05, 0) is 30.5 Å². The Hall–Kier alpha value is -2.35. The SMILES string of the molecule is C[C@@H]1C[C@@H]1C(=O)OCC(=O)Nc1cccc(C#N)c1. The van der Waals surface area contributed by atoms with Crippen molar-refractivity contribution in [1.82, 2.24) is 0 Å². The van der Waals surface area contributed by atoms with Crippen LogP contribution in [0.2, 0.25) is 0 Å². The molecule has 1 aromatic carbocycles. The zero-order chi connectivity index (χ0) is 13.8. The molecule has 5 nitrogen and oxygen atoms in total. The van der Waals surface area contributed by atoms with E-state index in [-0.39, 0.29) is 18.5 Å². The van der Waals surface area contributed by atoms with Gasteiger partial charge in [-0.3, -0.25) is 9.59 Å². The summed E-state index contributed by atoms with van der Waals surface area (Å²) in [5.41, 5.74) is 0.974. The molecule has 0 aromatic heterocycles. The molecule has 0 radical (unpaired) electrons. The zero-order valence-electron chi connectivity index (χ0n) is 10.6. The summed E-state index contributed by atoms with van der Waals surface area (Å²) in [6.07, 6.45) is 0.838. The summed E-state index contributed by atoms with van der Waals surface area (Å²) in [6, 6.07) is 8.53. The average molecular weight is 258 g/mol. The summed E-state index contributed by atoms with van der Waals surface area (Å²) in [7, 11) is 0. The van der Waals surface area contributed by atoms with Gasteiger partial charge in [0.25, 0.3) is 5.91 Å². The van der Waals surface area contributed by atoms with Crippen LogP contribution in [0, 0.1) is 23.2 Å². The van der Waals surface area contributed by atoms with Gasteiger partial charge in [-0.1, -0.05) is 13.0 Å². The molecule has 1 amide bonds. The molecule has 0 bridgehead atoms. The predicted molar refractivity (Wildman–Crippen MR) is 68.0 cm³/mol. The molecule has 5 heteroatoms. The monoisotopic (exact) mass is 258 g/mol. The summed E-state index contributed by atoms with van der Waals surface area (Å²) < 4.78 is 4.91. The van der Waals surface area contributed by atoms with Crippen molar-refractivity contribution in [3.63, 3.8) is 0 Å². The minimum atomic E-state index is -0.406. The number of amides is 1. The number of carbonyl (C=O) groups excluding carboxylic acids is 2. The predicted octanol–water partition coefficient (Wildman–Crippen LogP) is 1.70. The van der Waals surface area contributed by atoms with Gasteiger partial charge in [0, 0.05) is 5.69 Å². The zero-order valence-corrected chi connectivity index (χ0v) is 10.6. The molecule has 1 aliphatic rings. The minimum absolute atomic E-state index is 0.0466. The molecule has 0 spiro atoms. The van der Waals surface area contributed by atoms with Crippen molar-refractivity contribution in [1.29, 1.82) is 5.26 Å². The third-order valence-corrected chi connectivity index (χ3v) is 3.03. The standard InChI is InChI=1S/C14H14N2O3/c1-9-5-12(9)14(18)19-8-13(17)16-11-4-2-3-10(6-11)7-15/h2-4,6,9,12H,5,8H2,1H3,(H,16,17)/t9-,12+/m1/s1. The molecule has 0 saturated heterocycles. The largest absolute Gasteiger partial charge is 0.455 e. The molecule has 1 aliphatic carbocycles. The second-order valence-corrected chi connectivity index (χ2v) is 4.67. The smallest absolute Gasteiger partial charge is 0.309 e. The molecule has 1 saturated carbocycles. The number of nitrogens with one attached hydrogen (secondary N) is 1. The molecular formula is C14H14N2O3. The second-order valence-electron chi connectivity index (χ2n) is 4.67. The maximum Gasteiger partial charge on any atom is 0.309 e. The van der Waals surface area contributed by atoms with E-state index in [0.29, 0.717) is 17.2 Å². The lowest BCUT2D eigenvalue weighted by atomic mass is 10.2. The van der Waals surface area contributed by atoms with E-state index in [1.165, 1.54) is 0 Å². The topological polar surface area (TPSA) is 79.2 Å². The van der Waals surface area contributed by atoms with E-state index in [9.17, 15) is 9.59 Å². The number of nitriles is 1. The summed E-state index contributed by atoms with van der Waals surface area (Å²) in [5, 5.41) is 11.3. The summed E-state index contributed by atoms with van der Waals surface area (Å²) >= 11 is 0. The average Bonchev–Trinajstić information content (AvgIpc) is 3.13. The highest BCUT2D eigenvalue weighted by molar-refractivity contribution is 5.93. The first-order valence-corrected chi connectivity index (χ1v) is 6.07. The molecular weight excluding hydrogens is 244 g/mol. The maximum absolute atomic E-state index is 11.6. The van der Waals surface area contributed by atoms with E-state index < -0.39 is 5.91 Å². The van der Waals surface area contributed by atoms with Crippen molar-refractivity contribution in [2.45, 2.75) is 13.3 Å². The van der Waals surface area contributed by atoms with Crippen LogP contribution in [-0.2, 0) is 14.3 Å². The van der Waals surface area contributed by atoms with Crippen molar-refractivity contribution < 1.29 is 14.3 Å². The fourth-order valence-electron chi connectivity index (χ4n) is 1.76. The molecule has 0 heterocycles. The molecule has 98 valence electrons. The van der Waals surface area contributed by atoms with Gasteiger partial charge in [0.2, 0.25) is 0 Å². The summed E-state index contributed by atoms with van der Waals surface area (Å²) in [6.45, 7) is 1.68. The van der Waals surface area contributed by atoms with Gasteiger partial charge in [-0.25, -0.2) is 0 Å². The van der Waals surface area contributed by atoms with Crippen LogP contribution >= 0.6 is 0 Å². The number of ether oxygens (including phenoxy) is 1. The molecule has 0 aliphatic heterocycles. The molecule has 1 N–H and O–H groups in total.